The quantitative estimate of drug-likeness (QED) is 0.127. The number of ether oxygens (including phenoxy) is 1. The molecule has 0 spiro atoms. The second-order valence-electron chi connectivity index (χ2n) is 5.90. The highest BCUT2D eigenvalue weighted by molar-refractivity contribution is 14.1. The molecule has 3 heteroatoms. The highest BCUT2D eigenvalue weighted by Gasteiger charge is 2.00. The van der Waals surface area contributed by atoms with Gasteiger partial charge in [0.2, 0.25) is 0 Å². The maximum Gasteiger partial charge on any atom is 0.306 e. The van der Waals surface area contributed by atoms with Gasteiger partial charge in [-0.25, -0.2) is 0 Å². The summed E-state index contributed by atoms with van der Waals surface area (Å²) in [4.78, 5) is 11.1. The molecule has 0 N–H and O–H groups in total. The standard InChI is InChI=1S/C18H35IO2/c1-2-3-4-5-6-7-8-9-10-11-12-13-14-17-21-18(20)15-16-19/h2-17H2,1H3. The van der Waals surface area contributed by atoms with Crippen molar-refractivity contribution in [3.63, 3.8) is 0 Å². The molecule has 0 aliphatic carbocycles. The first-order chi connectivity index (χ1) is 10.3. The lowest BCUT2D eigenvalue weighted by Gasteiger charge is -2.04. The van der Waals surface area contributed by atoms with Crippen LogP contribution in [0.2, 0.25) is 0 Å². The number of hydrogen-bond acceptors (Lipinski definition) is 2. The minimum absolute atomic E-state index is 0.0386. The van der Waals surface area contributed by atoms with Crippen LogP contribution in [0.4, 0.5) is 0 Å². The van der Waals surface area contributed by atoms with E-state index in [1.807, 2.05) is 0 Å². The number of unbranched alkanes of at least 4 members (excludes halogenated alkanes) is 12. The smallest absolute Gasteiger partial charge is 0.306 e. The highest BCUT2D eigenvalue weighted by Crippen LogP contribution is 2.12. The molecule has 0 atom stereocenters. The van der Waals surface area contributed by atoms with Gasteiger partial charge in [-0.15, -0.1) is 0 Å². The van der Waals surface area contributed by atoms with Crippen LogP contribution in [-0.2, 0) is 9.53 Å². The normalized spacial score (nSPS) is 10.8. The van der Waals surface area contributed by atoms with E-state index < -0.39 is 0 Å². The van der Waals surface area contributed by atoms with Crippen LogP contribution in [0.15, 0.2) is 0 Å². The lowest BCUT2D eigenvalue weighted by Crippen LogP contribution is -2.05. The molecule has 0 bridgehead atoms. The molecule has 2 nitrogen and oxygen atoms in total. The van der Waals surface area contributed by atoms with Crippen molar-refractivity contribution in [2.75, 3.05) is 11.0 Å². The van der Waals surface area contributed by atoms with Gasteiger partial charge in [0.1, 0.15) is 0 Å². The predicted molar refractivity (Wildman–Crippen MR) is 100 cm³/mol. The predicted octanol–water partition coefficient (Wildman–Crippen LogP) is 6.45. The van der Waals surface area contributed by atoms with Crippen molar-refractivity contribution in [1.29, 1.82) is 0 Å². The second kappa shape index (κ2) is 18.2. The van der Waals surface area contributed by atoms with Crippen LogP contribution < -0.4 is 0 Å². The SMILES string of the molecule is CCCCCCCCCCCCCCCOC(=O)CCI. The van der Waals surface area contributed by atoms with Gasteiger partial charge in [0, 0.05) is 4.43 Å². The molecule has 0 saturated carbocycles. The van der Waals surface area contributed by atoms with Crippen molar-refractivity contribution in [2.24, 2.45) is 0 Å². The van der Waals surface area contributed by atoms with Crippen LogP contribution in [-0.4, -0.2) is 17.0 Å². The summed E-state index contributed by atoms with van der Waals surface area (Å²) in [5.41, 5.74) is 0. The van der Waals surface area contributed by atoms with Crippen LogP contribution in [0.25, 0.3) is 0 Å². The molecule has 0 rings (SSSR count). The van der Waals surface area contributed by atoms with Gasteiger partial charge in [-0.3, -0.25) is 4.79 Å². The molecule has 0 heterocycles. The summed E-state index contributed by atoms with van der Waals surface area (Å²) in [7, 11) is 0. The fourth-order valence-corrected chi connectivity index (χ4v) is 2.90. The van der Waals surface area contributed by atoms with Crippen molar-refractivity contribution in [1.82, 2.24) is 0 Å². The molecule has 0 aromatic rings. The third-order valence-electron chi connectivity index (χ3n) is 3.81. The summed E-state index contributed by atoms with van der Waals surface area (Å²) in [5, 5.41) is 0. The Labute approximate surface area is 145 Å². The van der Waals surface area contributed by atoms with Gasteiger partial charge in [-0.1, -0.05) is 107 Å². The molecule has 0 amide bonds. The molecule has 0 saturated heterocycles. The van der Waals surface area contributed by atoms with E-state index >= 15 is 0 Å². The molecule has 0 aromatic carbocycles. The van der Waals surface area contributed by atoms with Gasteiger partial charge in [0.15, 0.2) is 0 Å². The third kappa shape index (κ3) is 18.2. The maximum absolute atomic E-state index is 11.1. The second-order valence-corrected chi connectivity index (χ2v) is 6.98. The molecule has 0 aromatic heterocycles. The zero-order valence-electron chi connectivity index (χ0n) is 14.0. The molecule has 0 aliphatic rings. The van der Waals surface area contributed by atoms with E-state index in [0.717, 1.165) is 10.8 Å². The minimum Gasteiger partial charge on any atom is -0.466 e. The number of hydrogen-bond donors (Lipinski definition) is 0. The van der Waals surface area contributed by atoms with Crippen LogP contribution in [0.1, 0.15) is 96.8 Å². The summed E-state index contributed by atoms with van der Waals surface area (Å²) in [5.74, 6) is -0.0386. The van der Waals surface area contributed by atoms with Crippen molar-refractivity contribution < 1.29 is 9.53 Å². The van der Waals surface area contributed by atoms with Crippen molar-refractivity contribution in [3.05, 3.63) is 0 Å². The molecular weight excluding hydrogens is 375 g/mol. The number of rotatable bonds is 16. The number of halogens is 1. The lowest BCUT2D eigenvalue weighted by molar-refractivity contribution is -0.143. The first kappa shape index (κ1) is 21.2. The lowest BCUT2D eigenvalue weighted by atomic mass is 10.0. The van der Waals surface area contributed by atoms with E-state index in [2.05, 4.69) is 29.5 Å². The molecule has 0 fully saturated rings. The van der Waals surface area contributed by atoms with Gasteiger partial charge < -0.3 is 4.74 Å². The Kier molecular flexibility index (Phi) is 18.4. The van der Waals surface area contributed by atoms with E-state index in [1.54, 1.807) is 0 Å². The Hall–Kier alpha value is 0.200. The van der Waals surface area contributed by atoms with Crippen molar-refractivity contribution in [2.45, 2.75) is 96.8 Å². The summed E-state index contributed by atoms with van der Waals surface area (Å²) in [6, 6.07) is 0. The summed E-state index contributed by atoms with van der Waals surface area (Å²) in [6.07, 6.45) is 18.1. The van der Waals surface area contributed by atoms with E-state index in [0.29, 0.717) is 13.0 Å². The zero-order valence-corrected chi connectivity index (χ0v) is 16.2. The largest absolute Gasteiger partial charge is 0.466 e. The van der Waals surface area contributed by atoms with Gasteiger partial charge in [0.25, 0.3) is 0 Å². The maximum atomic E-state index is 11.1. The van der Waals surface area contributed by atoms with Crippen LogP contribution in [0, 0.1) is 0 Å². The Balaban J connectivity index is 3.01. The van der Waals surface area contributed by atoms with E-state index in [9.17, 15) is 4.79 Å². The number of esters is 1. The first-order valence-corrected chi connectivity index (χ1v) is 10.6. The van der Waals surface area contributed by atoms with Crippen molar-refractivity contribution in [3.8, 4) is 0 Å². The first-order valence-electron chi connectivity index (χ1n) is 9.02. The Bertz CT molecular complexity index is 219. The summed E-state index contributed by atoms with van der Waals surface area (Å²) >= 11 is 2.20. The van der Waals surface area contributed by atoms with Crippen LogP contribution in [0.5, 0.6) is 0 Å². The third-order valence-corrected chi connectivity index (χ3v) is 4.35. The van der Waals surface area contributed by atoms with Crippen LogP contribution >= 0.6 is 22.6 Å². The molecular formula is C18H35IO2. The molecule has 21 heavy (non-hydrogen) atoms. The Morgan fingerprint density at radius 2 is 1.19 bits per heavy atom. The van der Waals surface area contributed by atoms with Crippen LogP contribution in [0.3, 0.4) is 0 Å². The van der Waals surface area contributed by atoms with Crippen molar-refractivity contribution >= 4 is 28.6 Å². The minimum atomic E-state index is -0.0386. The average Bonchev–Trinajstić information content (AvgIpc) is 2.48. The molecule has 126 valence electrons. The molecule has 0 unspecified atom stereocenters. The fourth-order valence-electron chi connectivity index (χ4n) is 2.46. The Morgan fingerprint density at radius 1 is 0.762 bits per heavy atom. The molecule has 0 radical (unpaired) electrons. The topological polar surface area (TPSA) is 26.3 Å². The van der Waals surface area contributed by atoms with E-state index in [-0.39, 0.29) is 5.97 Å². The summed E-state index contributed by atoms with van der Waals surface area (Å²) in [6.45, 7) is 2.89. The van der Waals surface area contributed by atoms with Gasteiger partial charge in [0.05, 0.1) is 13.0 Å². The monoisotopic (exact) mass is 410 g/mol. The van der Waals surface area contributed by atoms with Gasteiger partial charge in [-0.2, -0.15) is 0 Å². The highest BCUT2D eigenvalue weighted by atomic mass is 127. The molecule has 0 aliphatic heterocycles. The van der Waals surface area contributed by atoms with Gasteiger partial charge in [-0.05, 0) is 6.42 Å². The fraction of sp³-hybridized carbons (Fsp3) is 0.944. The van der Waals surface area contributed by atoms with Gasteiger partial charge >= 0.3 is 5.97 Å². The number of carbonyl (C=O) groups is 1. The number of alkyl halides is 1. The number of carbonyl (C=O) groups excluding carboxylic acids is 1. The van der Waals surface area contributed by atoms with E-state index in [4.69, 9.17) is 4.74 Å². The van der Waals surface area contributed by atoms with E-state index in [1.165, 1.54) is 77.0 Å². The zero-order chi connectivity index (χ0) is 15.6. The average molecular weight is 410 g/mol. The Morgan fingerprint density at radius 3 is 1.62 bits per heavy atom. The summed E-state index contributed by atoms with van der Waals surface area (Å²) < 4.78 is 5.99.